The molecule has 0 N–H and O–H groups in total. The smallest absolute Gasteiger partial charge is 0.343 e. The highest BCUT2D eigenvalue weighted by molar-refractivity contribution is 6.05. The molecule has 8 nitrogen and oxygen atoms in total. The predicted octanol–water partition coefficient (Wildman–Crippen LogP) is 3.19. The molecule has 0 aromatic heterocycles. The van der Waals surface area contributed by atoms with Gasteiger partial charge < -0.3 is 9.47 Å². The number of carbonyl (C=O) groups excluding carboxylic acids is 3. The van der Waals surface area contributed by atoms with Crippen LogP contribution in [-0.4, -0.2) is 29.8 Å². The fourth-order valence-corrected chi connectivity index (χ4v) is 2.23. The zero-order valence-corrected chi connectivity index (χ0v) is 14.1. The molecule has 0 radical (unpaired) electrons. The second kappa shape index (κ2) is 8.02. The Balaban J connectivity index is 2.48. The lowest BCUT2D eigenvalue weighted by molar-refractivity contribution is -0.384. The quantitative estimate of drug-likeness (QED) is 0.256. The first-order valence-corrected chi connectivity index (χ1v) is 7.60. The zero-order chi connectivity index (χ0) is 19.3. The molecule has 0 bridgehead atoms. The number of ketones is 1. The number of esters is 2. The maximum absolute atomic E-state index is 12.4. The molecule has 2 rings (SSSR count). The summed E-state index contributed by atoms with van der Waals surface area (Å²) >= 11 is 0. The molecule has 0 amide bonds. The second-order valence-electron chi connectivity index (χ2n) is 5.15. The van der Waals surface area contributed by atoms with Gasteiger partial charge in [0.2, 0.25) is 0 Å². The maximum atomic E-state index is 12.4. The summed E-state index contributed by atoms with van der Waals surface area (Å²) < 4.78 is 9.91. The summed E-state index contributed by atoms with van der Waals surface area (Å²) in [5, 5.41) is 10.8. The van der Waals surface area contributed by atoms with Gasteiger partial charge in [-0.25, -0.2) is 9.59 Å². The van der Waals surface area contributed by atoms with Crippen LogP contribution in [0.3, 0.4) is 0 Å². The van der Waals surface area contributed by atoms with Crippen LogP contribution in [0, 0.1) is 10.1 Å². The van der Waals surface area contributed by atoms with Crippen LogP contribution in [0.15, 0.2) is 42.5 Å². The molecule has 2 aromatic carbocycles. The number of ether oxygens (including phenoxy) is 2. The van der Waals surface area contributed by atoms with Crippen molar-refractivity contribution in [3.63, 3.8) is 0 Å². The first-order valence-electron chi connectivity index (χ1n) is 7.60. The summed E-state index contributed by atoms with van der Waals surface area (Å²) in [7, 11) is 1.16. The zero-order valence-electron chi connectivity index (χ0n) is 14.1. The van der Waals surface area contributed by atoms with Gasteiger partial charge in [0.15, 0.2) is 11.5 Å². The van der Waals surface area contributed by atoms with E-state index in [0.29, 0.717) is 0 Å². The van der Waals surface area contributed by atoms with E-state index in [1.165, 1.54) is 36.4 Å². The highest BCUT2D eigenvalue weighted by Crippen LogP contribution is 2.27. The maximum Gasteiger partial charge on any atom is 0.343 e. The third-order valence-corrected chi connectivity index (χ3v) is 3.53. The van der Waals surface area contributed by atoms with Crippen molar-refractivity contribution in [2.75, 3.05) is 7.11 Å². The molecule has 0 unspecified atom stereocenters. The SMILES string of the molecule is CCC(=O)c1cccc(C(=O)OC)c1OC(=O)c1cccc([N+](=O)[O-])c1. The van der Waals surface area contributed by atoms with E-state index in [1.807, 2.05) is 0 Å². The average Bonchev–Trinajstić information content (AvgIpc) is 2.66. The monoisotopic (exact) mass is 357 g/mol. The minimum Gasteiger partial charge on any atom is -0.465 e. The molecule has 0 fully saturated rings. The van der Waals surface area contributed by atoms with Crippen molar-refractivity contribution in [3.8, 4) is 5.75 Å². The summed E-state index contributed by atoms with van der Waals surface area (Å²) in [6.45, 7) is 1.62. The van der Waals surface area contributed by atoms with Crippen molar-refractivity contribution in [2.45, 2.75) is 13.3 Å². The Morgan fingerprint density at radius 2 is 1.69 bits per heavy atom. The molecule has 0 saturated heterocycles. The Labute approximate surface area is 148 Å². The molecule has 0 aliphatic heterocycles. The van der Waals surface area contributed by atoms with Crippen LogP contribution in [0.1, 0.15) is 44.4 Å². The number of nitrogens with zero attached hydrogens (tertiary/aromatic N) is 1. The van der Waals surface area contributed by atoms with Gasteiger partial charge in [0.05, 0.1) is 23.2 Å². The number of non-ortho nitro benzene ring substituents is 1. The van der Waals surface area contributed by atoms with E-state index in [4.69, 9.17) is 4.74 Å². The number of hydrogen-bond donors (Lipinski definition) is 0. The van der Waals surface area contributed by atoms with E-state index in [-0.39, 0.29) is 40.3 Å². The van der Waals surface area contributed by atoms with Crippen molar-refractivity contribution < 1.29 is 28.8 Å². The van der Waals surface area contributed by atoms with Crippen LogP contribution >= 0.6 is 0 Å². The Morgan fingerprint density at radius 3 is 2.31 bits per heavy atom. The normalized spacial score (nSPS) is 10.1. The number of hydrogen-bond acceptors (Lipinski definition) is 7. The third kappa shape index (κ3) is 3.92. The highest BCUT2D eigenvalue weighted by atomic mass is 16.6. The van der Waals surface area contributed by atoms with Gasteiger partial charge in [0.25, 0.3) is 5.69 Å². The molecule has 134 valence electrons. The second-order valence-corrected chi connectivity index (χ2v) is 5.15. The van der Waals surface area contributed by atoms with Gasteiger partial charge in [-0.15, -0.1) is 0 Å². The number of para-hydroxylation sites is 1. The van der Waals surface area contributed by atoms with Crippen LogP contribution in [0.2, 0.25) is 0 Å². The van der Waals surface area contributed by atoms with Gasteiger partial charge in [-0.3, -0.25) is 14.9 Å². The lowest BCUT2D eigenvalue weighted by Crippen LogP contribution is -2.15. The largest absolute Gasteiger partial charge is 0.465 e. The Hall–Kier alpha value is -3.55. The topological polar surface area (TPSA) is 113 Å². The lowest BCUT2D eigenvalue weighted by atomic mass is 10.0. The van der Waals surface area contributed by atoms with Gasteiger partial charge >= 0.3 is 11.9 Å². The van der Waals surface area contributed by atoms with E-state index in [2.05, 4.69) is 4.74 Å². The van der Waals surface area contributed by atoms with Crippen LogP contribution in [0.5, 0.6) is 5.75 Å². The number of benzene rings is 2. The molecule has 0 aliphatic carbocycles. The van der Waals surface area contributed by atoms with Crippen molar-refractivity contribution in [1.82, 2.24) is 0 Å². The van der Waals surface area contributed by atoms with Crippen LogP contribution < -0.4 is 4.74 Å². The third-order valence-electron chi connectivity index (χ3n) is 3.53. The fourth-order valence-electron chi connectivity index (χ4n) is 2.23. The Kier molecular flexibility index (Phi) is 5.79. The summed E-state index contributed by atoms with van der Waals surface area (Å²) in [6, 6.07) is 9.19. The lowest BCUT2D eigenvalue weighted by Gasteiger charge is -2.12. The molecule has 26 heavy (non-hydrogen) atoms. The summed E-state index contributed by atoms with van der Waals surface area (Å²) in [4.78, 5) is 46.7. The van der Waals surface area contributed by atoms with Gasteiger partial charge in [0.1, 0.15) is 5.56 Å². The molecular formula is C18H15NO7. The molecule has 8 heteroatoms. The number of nitro groups is 1. The Bertz CT molecular complexity index is 855. The van der Waals surface area contributed by atoms with Crippen LogP contribution in [0.25, 0.3) is 0 Å². The predicted molar refractivity (Wildman–Crippen MR) is 90.5 cm³/mol. The molecule has 0 spiro atoms. The Morgan fingerprint density at radius 1 is 1.04 bits per heavy atom. The number of Topliss-reactive ketones (excluding diaryl/α,β-unsaturated/α-hetero) is 1. The highest BCUT2D eigenvalue weighted by Gasteiger charge is 2.23. The minimum absolute atomic E-state index is 0.0502. The molecular weight excluding hydrogens is 342 g/mol. The fraction of sp³-hybridized carbons (Fsp3) is 0.167. The van der Waals surface area contributed by atoms with Crippen molar-refractivity contribution in [1.29, 1.82) is 0 Å². The average molecular weight is 357 g/mol. The molecule has 0 heterocycles. The first-order chi connectivity index (χ1) is 12.4. The van der Waals surface area contributed by atoms with Gasteiger partial charge in [0, 0.05) is 18.6 Å². The number of nitro benzene ring substituents is 1. The van der Waals surface area contributed by atoms with Crippen molar-refractivity contribution in [2.24, 2.45) is 0 Å². The van der Waals surface area contributed by atoms with E-state index in [0.717, 1.165) is 13.2 Å². The van der Waals surface area contributed by atoms with Crippen LogP contribution in [0.4, 0.5) is 5.69 Å². The summed E-state index contributed by atoms with van der Waals surface area (Å²) in [6.07, 6.45) is 0.131. The van der Waals surface area contributed by atoms with E-state index >= 15 is 0 Å². The van der Waals surface area contributed by atoms with Crippen molar-refractivity contribution in [3.05, 3.63) is 69.3 Å². The molecule has 2 aromatic rings. The number of rotatable bonds is 6. The summed E-state index contributed by atoms with van der Waals surface area (Å²) in [5.74, 6) is -2.28. The molecule has 0 atom stereocenters. The van der Waals surface area contributed by atoms with Crippen LogP contribution in [-0.2, 0) is 4.74 Å². The number of carbonyl (C=O) groups is 3. The molecule has 0 aliphatic rings. The van der Waals surface area contributed by atoms with Gasteiger partial charge in [-0.05, 0) is 18.2 Å². The van der Waals surface area contributed by atoms with Crippen molar-refractivity contribution >= 4 is 23.4 Å². The van der Waals surface area contributed by atoms with Gasteiger partial charge in [-0.1, -0.05) is 19.1 Å². The first kappa shape index (κ1) is 18.8. The van der Waals surface area contributed by atoms with Gasteiger partial charge in [-0.2, -0.15) is 0 Å². The summed E-state index contributed by atoms with van der Waals surface area (Å²) in [5.41, 5.74) is -0.418. The molecule has 0 saturated carbocycles. The standard InChI is InChI=1S/C18H15NO7/c1-3-15(20)13-8-5-9-14(18(22)25-2)16(13)26-17(21)11-6-4-7-12(10-11)19(23)24/h4-10H,3H2,1-2H3. The van der Waals surface area contributed by atoms with E-state index in [9.17, 15) is 24.5 Å². The number of methoxy groups -OCH3 is 1. The van der Waals surface area contributed by atoms with E-state index in [1.54, 1.807) is 6.92 Å². The minimum atomic E-state index is -0.935. The van der Waals surface area contributed by atoms with E-state index < -0.39 is 16.9 Å².